The zero-order valence-electron chi connectivity index (χ0n) is 12.4. The highest BCUT2D eigenvalue weighted by molar-refractivity contribution is 5.50. The van der Waals surface area contributed by atoms with Gasteiger partial charge in [0, 0.05) is 32.4 Å². The largest absolute Gasteiger partial charge is 0.436 e. The minimum absolute atomic E-state index is 0.0838. The average Bonchev–Trinajstić information content (AvgIpc) is 2.48. The summed E-state index contributed by atoms with van der Waals surface area (Å²) in [5.74, 6) is 0.212. The van der Waals surface area contributed by atoms with E-state index in [-0.39, 0.29) is 5.88 Å². The van der Waals surface area contributed by atoms with Crippen molar-refractivity contribution in [1.82, 2.24) is 9.97 Å². The van der Waals surface area contributed by atoms with Gasteiger partial charge in [0.05, 0.1) is 6.20 Å². The quantitative estimate of drug-likeness (QED) is 0.884. The molecule has 21 heavy (non-hydrogen) atoms. The van der Waals surface area contributed by atoms with E-state index in [1.165, 1.54) is 0 Å². The highest BCUT2D eigenvalue weighted by atomic mass is 19.1. The van der Waals surface area contributed by atoms with Gasteiger partial charge in [-0.05, 0) is 18.6 Å². The lowest BCUT2D eigenvalue weighted by atomic mass is 10.3. The lowest BCUT2D eigenvalue weighted by molar-refractivity contribution is 0.420. The highest BCUT2D eigenvalue weighted by Crippen LogP contribution is 2.26. The predicted molar refractivity (Wildman–Crippen MR) is 81.6 cm³/mol. The Bertz CT molecular complexity index is 604. The number of rotatable bonds is 6. The number of nitrogens with one attached hydrogen (secondary N) is 1. The molecule has 0 atom stereocenters. The third kappa shape index (κ3) is 4.05. The minimum Gasteiger partial charge on any atom is -0.436 e. The molecule has 0 bridgehead atoms. The number of benzene rings is 1. The molecule has 1 aromatic carbocycles. The number of hydrogen-bond acceptors (Lipinski definition) is 5. The van der Waals surface area contributed by atoms with E-state index in [0.717, 1.165) is 24.8 Å². The van der Waals surface area contributed by atoms with Gasteiger partial charge in [-0.25, -0.2) is 4.98 Å². The van der Waals surface area contributed by atoms with Crippen LogP contribution in [0.2, 0.25) is 0 Å². The van der Waals surface area contributed by atoms with Gasteiger partial charge in [-0.1, -0.05) is 13.0 Å². The van der Waals surface area contributed by atoms with Crippen LogP contribution in [0.1, 0.15) is 13.3 Å². The molecule has 2 rings (SSSR count). The van der Waals surface area contributed by atoms with Crippen molar-refractivity contribution in [2.24, 2.45) is 0 Å². The molecule has 112 valence electrons. The summed E-state index contributed by atoms with van der Waals surface area (Å²) in [6.45, 7) is 2.75. The first kappa shape index (κ1) is 15.0. The fourth-order valence-corrected chi connectivity index (χ4v) is 1.68. The maximum absolute atomic E-state index is 13.7. The van der Waals surface area contributed by atoms with Crippen molar-refractivity contribution in [2.45, 2.75) is 13.3 Å². The Morgan fingerprint density at radius 1 is 1.33 bits per heavy atom. The predicted octanol–water partition coefficient (Wildman–Crippen LogP) is 3.30. The smallest absolute Gasteiger partial charge is 0.260 e. The molecular weight excluding hydrogens is 271 g/mol. The van der Waals surface area contributed by atoms with E-state index in [1.807, 2.05) is 44.1 Å². The van der Waals surface area contributed by atoms with Gasteiger partial charge in [0.15, 0.2) is 0 Å². The first-order valence-electron chi connectivity index (χ1n) is 6.81. The van der Waals surface area contributed by atoms with Gasteiger partial charge < -0.3 is 15.0 Å². The Morgan fingerprint density at radius 2 is 2.14 bits per heavy atom. The van der Waals surface area contributed by atoms with Gasteiger partial charge in [-0.15, -0.1) is 0 Å². The molecule has 0 aliphatic carbocycles. The molecule has 0 saturated heterocycles. The Balaban J connectivity index is 2.20. The molecule has 2 aromatic rings. The van der Waals surface area contributed by atoms with Gasteiger partial charge in [0.25, 0.3) is 5.88 Å². The van der Waals surface area contributed by atoms with Crippen LogP contribution in [0.3, 0.4) is 0 Å². The zero-order chi connectivity index (χ0) is 15.2. The first-order valence-corrected chi connectivity index (χ1v) is 6.81. The molecule has 0 aliphatic rings. The molecule has 0 aliphatic heterocycles. The molecule has 0 amide bonds. The third-order valence-corrected chi connectivity index (χ3v) is 2.79. The van der Waals surface area contributed by atoms with E-state index < -0.39 is 5.82 Å². The average molecular weight is 290 g/mol. The molecule has 0 unspecified atom stereocenters. The van der Waals surface area contributed by atoms with Crippen molar-refractivity contribution < 1.29 is 9.13 Å². The van der Waals surface area contributed by atoms with Gasteiger partial charge in [-0.3, -0.25) is 0 Å². The van der Waals surface area contributed by atoms with Crippen LogP contribution in [0, 0.1) is 5.82 Å². The van der Waals surface area contributed by atoms with Gasteiger partial charge >= 0.3 is 0 Å². The SMILES string of the molecule is CCCNc1ncc(F)c(Oc2cccc(N(C)C)c2)n1. The van der Waals surface area contributed by atoms with Crippen molar-refractivity contribution in [3.8, 4) is 11.6 Å². The fraction of sp³-hybridized carbons (Fsp3) is 0.333. The zero-order valence-corrected chi connectivity index (χ0v) is 12.4. The van der Waals surface area contributed by atoms with E-state index in [1.54, 1.807) is 6.07 Å². The summed E-state index contributed by atoms with van der Waals surface area (Å²) in [6.07, 6.45) is 2.04. The molecule has 1 N–H and O–H groups in total. The molecule has 0 radical (unpaired) electrons. The molecule has 6 heteroatoms. The van der Waals surface area contributed by atoms with Gasteiger partial charge in [-0.2, -0.15) is 9.37 Å². The summed E-state index contributed by atoms with van der Waals surface area (Å²) in [4.78, 5) is 9.87. The molecule has 0 saturated carbocycles. The lowest BCUT2D eigenvalue weighted by Crippen LogP contribution is -2.08. The Kier molecular flexibility index (Phi) is 4.92. The van der Waals surface area contributed by atoms with Crippen LogP contribution in [0.5, 0.6) is 11.6 Å². The molecule has 1 aromatic heterocycles. The first-order chi connectivity index (χ1) is 10.1. The van der Waals surface area contributed by atoms with Crippen LogP contribution < -0.4 is 15.0 Å². The summed E-state index contributed by atoms with van der Waals surface area (Å²) in [5.41, 5.74) is 0.964. The van der Waals surface area contributed by atoms with Crippen molar-refractivity contribution in [1.29, 1.82) is 0 Å². The van der Waals surface area contributed by atoms with Crippen molar-refractivity contribution >= 4 is 11.6 Å². The summed E-state index contributed by atoms with van der Waals surface area (Å²) in [7, 11) is 3.86. The van der Waals surface area contributed by atoms with E-state index in [9.17, 15) is 4.39 Å². The number of anilines is 2. The number of hydrogen-bond donors (Lipinski definition) is 1. The summed E-state index contributed by atoms with van der Waals surface area (Å²) >= 11 is 0. The van der Waals surface area contributed by atoms with E-state index in [0.29, 0.717) is 11.7 Å². The second kappa shape index (κ2) is 6.88. The van der Waals surface area contributed by atoms with Crippen molar-refractivity contribution in [3.63, 3.8) is 0 Å². The highest BCUT2D eigenvalue weighted by Gasteiger charge is 2.10. The Labute approximate surface area is 123 Å². The van der Waals surface area contributed by atoms with E-state index in [4.69, 9.17) is 4.74 Å². The van der Waals surface area contributed by atoms with Gasteiger partial charge in [0.2, 0.25) is 11.8 Å². The number of halogens is 1. The van der Waals surface area contributed by atoms with Crippen LogP contribution in [0.15, 0.2) is 30.5 Å². The molecule has 5 nitrogen and oxygen atoms in total. The minimum atomic E-state index is -0.590. The maximum Gasteiger partial charge on any atom is 0.260 e. The summed E-state index contributed by atoms with van der Waals surface area (Å²) in [6, 6.07) is 7.37. The second-order valence-corrected chi connectivity index (χ2v) is 4.77. The van der Waals surface area contributed by atoms with Crippen LogP contribution >= 0.6 is 0 Å². The summed E-state index contributed by atoms with van der Waals surface area (Å²) < 4.78 is 19.3. The lowest BCUT2D eigenvalue weighted by Gasteiger charge is -2.14. The van der Waals surface area contributed by atoms with E-state index in [2.05, 4.69) is 15.3 Å². The summed E-state index contributed by atoms with van der Waals surface area (Å²) in [5, 5.41) is 3.00. The van der Waals surface area contributed by atoms with Crippen LogP contribution in [-0.4, -0.2) is 30.6 Å². The number of ether oxygens (including phenoxy) is 1. The normalized spacial score (nSPS) is 10.3. The Hall–Kier alpha value is -2.37. The number of nitrogens with zero attached hydrogens (tertiary/aromatic N) is 3. The topological polar surface area (TPSA) is 50.3 Å². The monoisotopic (exact) mass is 290 g/mol. The molecular formula is C15H19FN4O. The van der Waals surface area contributed by atoms with Crippen LogP contribution in [0.4, 0.5) is 16.0 Å². The van der Waals surface area contributed by atoms with Gasteiger partial charge in [0.1, 0.15) is 5.75 Å². The standard InChI is InChI=1S/C15H19FN4O/c1-4-8-17-15-18-10-13(16)14(19-15)21-12-7-5-6-11(9-12)20(2)3/h5-7,9-10H,4,8H2,1-3H3,(H,17,18,19). The second-order valence-electron chi connectivity index (χ2n) is 4.77. The van der Waals surface area contributed by atoms with E-state index >= 15 is 0 Å². The molecule has 0 spiro atoms. The van der Waals surface area contributed by atoms with Crippen LogP contribution in [-0.2, 0) is 0 Å². The van der Waals surface area contributed by atoms with Crippen molar-refractivity contribution in [2.75, 3.05) is 30.9 Å². The molecule has 0 fully saturated rings. The molecule has 1 heterocycles. The Morgan fingerprint density at radius 3 is 2.86 bits per heavy atom. The number of aromatic nitrogens is 2. The fourth-order valence-electron chi connectivity index (χ4n) is 1.68. The van der Waals surface area contributed by atoms with Crippen molar-refractivity contribution in [3.05, 3.63) is 36.3 Å². The maximum atomic E-state index is 13.7. The van der Waals surface area contributed by atoms with Crippen LogP contribution in [0.25, 0.3) is 0 Å². The third-order valence-electron chi connectivity index (χ3n) is 2.79.